The van der Waals surface area contributed by atoms with Crippen LogP contribution < -0.4 is 10.1 Å². The molecule has 0 aromatic heterocycles. The number of hydrogen-bond donors (Lipinski definition) is 1. The van der Waals surface area contributed by atoms with Gasteiger partial charge in [-0.3, -0.25) is 0 Å². The maximum Gasteiger partial charge on any atom is 0.126 e. The molecule has 17 heavy (non-hydrogen) atoms. The molecule has 0 aliphatic rings. The molecule has 0 saturated heterocycles. The van der Waals surface area contributed by atoms with Crippen LogP contribution in [0.3, 0.4) is 0 Å². The third-order valence-corrected chi connectivity index (χ3v) is 2.37. The molecule has 1 rings (SSSR count). The average molecular weight is 237 g/mol. The molecule has 1 aromatic carbocycles. The topological polar surface area (TPSA) is 21.3 Å². The highest BCUT2D eigenvalue weighted by Gasteiger charge is 2.01. The number of benzene rings is 1. The monoisotopic (exact) mass is 237 g/mol. The summed E-state index contributed by atoms with van der Waals surface area (Å²) in [6, 6.07) is 4.75. The average Bonchev–Trinajstić information content (AvgIpc) is 2.31. The summed E-state index contributed by atoms with van der Waals surface area (Å²) in [5.74, 6) is 0.473. The highest BCUT2D eigenvalue weighted by Crippen LogP contribution is 2.16. The van der Waals surface area contributed by atoms with Crippen molar-refractivity contribution in [1.82, 2.24) is 5.32 Å². The molecule has 0 radical (unpaired) electrons. The number of nitrogens with one attached hydrogen (secondary N) is 1. The van der Waals surface area contributed by atoms with E-state index in [1.165, 1.54) is 6.07 Å². The fourth-order valence-electron chi connectivity index (χ4n) is 1.39. The maximum absolute atomic E-state index is 13.0. The van der Waals surface area contributed by atoms with Crippen LogP contribution in [0, 0.1) is 12.7 Å². The summed E-state index contributed by atoms with van der Waals surface area (Å²) in [4.78, 5) is 0. The van der Waals surface area contributed by atoms with E-state index in [-0.39, 0.29) is 5.82 Å². The van der Waals surface area contributed by atoms with Crippen LogP contribution >= 0.6 is 0 Å². The van der Waals surface area contributed by atoms with E-state index in [1.54, 1.807) is 19.1 Å². The van der Waals surface area contributed by atoms with Gasteiger partial charge in [0.05, 0.1) is 0 Å². The summed E-state index contributed by atoms with van der Waals surface area (Å²) in [5.41, 5.74) is 1.58. The molecular formula is C14H20FNO. The van der Waals surface area contributed by atoms with Crippen molar-refractivity contribution in [1.29, 1.82) is 0 Å². The lowest BCUT2D eigenvalue weighted by atomic mass is 10.2. The van der Waals surface area contributed by atoms with Crippen LogP contribution in [0.2, 0.25) is 0 Å². The summed E-state index contributed by atoms with van der Waals surface area (Å²) < 4.78 is 18.5. The minimum absolute atomic E-state index is 0.208. The molecule has 0 unspecified atom stereocenters. The van der Waals surface area contributed by atoms with Gasteiger partial charge in [-0.15, -0.1) is 0 Å². The molecule has 1 N–H and O–H groups in total. The Morgan fingerprint density at radius 2 is 2.24 bits per heavy atom. The minimum atomic E-state index is -0.208. The zero-order valence-electron chi connectivity index (χ0n) is 10.6. The molecule has 0 saturated carbocycles. The summed E-state index contributed by atoms with van der Waals surface area (Å²) in [5, 5.41) is 3.25. The Morgan fingerprint density at radius 1 is 1.47 bits per heavy atom. The molecule has 0 aliphatic carbocycles. The largest absolute Gasteiger partial charge is 0.489 e. The normalized spacial score (nSPS) is 10.3. The van der Waals surface area contributed by atoms with E-state index in [2.05, 4.69) is 18.8 Å². The predicted molar refractivity (Wildman–Crippen MR) is 68.9 cm³/mol. The lowest BCUT2D eigenvalue weighted by Gasteiger charge is -2.10. The Morgan fingerprint density at radius 3 is 2.88 bits per heavy atom. The molecule has 0 bridgehead atoms. The van der Waals surface area contributed by atoms with Crippen molar-refractivity contribution in [2.45, 2.75) is 20.3 Å². The number of rotatable bonds is 7. The van der Waals surface area contributed by atoms with Gasteiger partial charge in [0, 0.05) is 6.54 Å². The molecule has 0 spiro atoms. The van der Waals surface area contributed by atoms with Gasteiger partial charge in [0.15, 0.2) is 0 Å². The van der Waals surface area contributed by atoms with Gasteiger partial charge < -0.3 is 10.1 Å². The molecule has 0 fully saturated rings. The lowest BCUT2D eigenvalue weighted by Crippen LogP contribution is -2.20. The Hall–Kier alpha value is -1.35. The second-order valence-corrected chi connectivity index (χ2v) is 4.13. The number of aryl methyl sites for hydroxylation is 1. The van der Waals surface area contributed by atoms with Crippen LogP contribution in [-0.2, 0) is 0 Å². The van der Waals surface area contributed by atoms with Crippen LogP contribution in [0.5, 0.6) is 5.75 Å². The smallest absolute Gasteiger partial charge is 0.126 e. The second-order valence-electron chi connectivity index (χ2n) is 4.13. The Balaban J connectivity index is 2.34. The number of ether oxygens (including phenoxy) is 1. The van der Waals surface area contributed by atoms with Crippen LogP contribution in [-0.4, -0.2) is 19.7 Å². The lowest BCUT2D eigenvalue weighted by molar-refractivity contribution is 0.347. The van der Waals surface area contributed by atoms with Gasteiger partial charge in [-0.1, -0.05) is 13.5 Å². The molecule has 0 amide bonds. The van der Waals surface area contributed by atoms with E-state index < -0.39 is 0 Å². The van der Waals surface area contributed by atoms with Crippen LogP contribution in [0.25, 0.3) is 0 Å². The molecular weight excluding hydrogens is 217 g/mol. The highest BCUT2D eigenvalue weighted by molar-refractivity contribution is 5.29. The summed E-state index contributed by atoms with van der Waals surface area (Å²) in [6.45, 7) is 9.96. The second kappa shape index (κ2) is 7.07. The van der Waals surface area contributed by atoms with Gasteiger partial charge in [0.2, 0.25) is 0 Å². The van der Waals surface area contributed by atoms with E-state index in [1.807, 2.05) is 0 Å². The SMILES string of the molecule is C=C(CNCCC)COc1ccc(F)c(C)c1. The van der Waals surface area contributed by atoms with E-state index in [0.29, 0.717) is 17.9 Å². The molecule has 2 nitrogen and oxygen atoms in total. The number of halogens is 1. The fraction of sp³-hybridized carbons (Fsp3) is 0.429. The van der Waals surface area contributed by atoms with Gasteiger partial charge in [0.1, 0.15) is 18.2 Å². The Bertz CT molecular complexity index is 376. The minimum Gasteiger partial charge on any atom is -0.489 e. The third kappa shape index (κ3) is 5.00. The molecule has 94 valence electrons. The quantitative estimate of drug-likeness (QED) is 0.581. The zero-order valence-corrected chi connectivity index (χ0v) is 10.6. The summed E-state index contributed by atoms with van der Waals surface area (Å²) in [7, 11) is 0. The molecule has 1 aromatic rings. The molecule has 3 heteroatoms. The van der Waals surface area contributed by atoms with Gasteiger partial charge in [-0.05, 0) is 49.2 Å². The first-order chi connectivity index (χ1) is 8.13. The van der Waals surface area contributed by atoms with Crippen molar-refractivity contribution in [2.24, 2.45) is 0 Å². The molecule has 0 aliphatic heterocycles. The van der Waals surface area contributed by atoms with Crippen molar-refractivity contribution in [3.05, 3.63) is 41.7 Å². The van der Waals surface area contributed by atoms with Crippen molar-refractivity contribution < 1.29 is 9.13 Å². The third-order valence-electron chi connectivity index (χ3n) is 2.37. The maximum atomic E-state index is 13.0. The van der Waals surface area contributed by atoms with Gasteiger partial charge >= 0.3 is 0 Å². The van der Waals surface area contributed by atoms with Crippen LogP contribution in [0.1, 0.15) is 18.9 Å². The van der Waals surface area contributed by atoms with Crippen LogP contribution in [0.15, 0.2) is 30.4 Å². The molecule has 0 heterocycles. The van der Waals surface area contributed by atoms with E-state index in [9.17, 15) is 4.39 Å². The highest BCUT2D eigenvalue weighted by atomic mass is 19.1. The van der Waals surface area contributed by atoms with Gasteiger partial charge in [-0.2, -0.15) is 0 Å². The zero-order chi connectivity index (χ0) is 12.7. The number of hydrogen-bond acceptors (Lipinski definition) is 2. The standard InChI is InChI=1S/C14H20FNO/c1-4-7-16-9-11(2)10-17-13-5-6-14(15)12(3)8-13/h5-6,8,16H,2,4,7,9-10H2,1,3H3. The van der Waals surface area contributed by atoms with E-state index in [4.69, 9.17) is 4.74 Å². The summed E-state index contributed by atoms with van der Waals surface area (Å²) >= 11 is 0. The first-order valence-electron chi connectivity index (χ1n) is 5.89. The van der Waals surface area contributed by atoms with Crippen molar-refractivity contribution >= 4 is 0 Å². The van der Waals surface area contributed by atoms with E-state index in [0.717, 1.165) is 25.1 Å². The summed E-state index contributed by atoms with van der Waals surface area (Å²) in [6.07, 6.45) is 1.10. The van der Waals surface area contributed by atoms with Crippen molar-refractivity contribution in [2.75, 3.05) is 19.7 Å². The van der Waals surface area contributed by atoms with Crippen molar-refractivity contribution in [3.63, 3.8) is 0 Å². The Labute approximate surface area is 102 Å². The van der Waals surface area contributed by atoms with Crippen molar-refractivity contribution in [3.8, 4) is 5.75 Å². The Kier molecular flexibility index (Phi) is 5.70. The first-order valence-corrected chi connectivity index (χ1v) is 5.89. The van der Waals surface area contributed by atoms with E-state index >= 15 is 0 Å². The fourth-order valence-corrected chi connectivity index (χ4v) is 1.39. The molecule has 0 atom stereocenters. The van der Waals surface area contributed by atoms with Crippen LogP contribution in [0.4, 0.5) is 4.39 Å². The first kappa shape index (κ1) is 13.7. The predicted octanol–water partition coefficient (Wildman–Crippen LogP) is 3.07. The van der Waals surface area contributed by atoms with Gasteiger partial charge in [-0.25, -0.2) is 4.39 Å². The van der Waals surface area contributed by atoms with Gasteiger partial charge in [0.25, 0.3) is 0 Å².